The first-order valence-electron chi connectivity index (χ1n) is 11.9. The number of hydrogen-bond donors (Lipinski definition) is 1. The molecule has 41 heavy (non-hydrogen) atoms. The van der Waals surface area contributed by atoms with Crippen molar-refractivity contribution < 1.29 is 45.3 Å². The van der Waals surface area contributed by atoms with Gasteiger partial charge in [-0.25, -0.2) is 9.18 Å². The van der Waals surface area contributed by atoms with Crippen LogP contribution in [0.5, 0.6) is 17.5 Å². The second kappa shape index (κ2) is 11.6. The van der Waals surface area contributed by atoms with Crippen LogP contribution in [0.1, 0.15) is 12.8 Å². The molecule has 1 N–H and O–H groups in total. The van der Waals surface area contributed by atoms with E-state index in [2.05, 4.69) is 9.72 Å². The lowest BCUT2D eigenvalue weighted by atomic mass is 10.2. The van der Waals surface area contributed by atoms with E-state index in [1.54, 1.807) is 6.08 Å². The van der Waals surface area contributed by atoms with Crippen molar-refractivity contribution in [2.45, 2.75) is 45.0 Å². The van der Waals surface area contributed by atoms with Crippen LogP contribution < -0.4 is 20.7 Å². The number of aliphatic hydroxyl groups is 1. The summed E-state index contributed by atoms with van der Waals surface area (Å²) in [5.41, 5.74) is -3.20. The molecule has 0 bridgehead atoms. The molecular formula is C25H21F7N4O5. The lowest BCUT2D eigenvalue weighted by Crippen LogP contribution is -2.42. The molecule has 9 nitrogen and oxygen atoms in total. The van der Waals surface area contributed by atoms with E-state index in [0.29, 0.717) is 10.1 Å². The molecule has 0 spiro atoms. The number of hydrogen-bond acceptors (Lipinski definition) is 6. The number of alkyl halides is 6. The Hall–Kier alpha value is -4.34. The Bertz CT molecular complexity index is 1650. The number of rotatable bonds is 9. The van der Waals surface area contributed by atoms with E-state index in [4.69, 9.17) is 4.74 Å². The predicted octanol–water partition coefficient (Wildman–Crippen LogP) is 4.74. The van der Waals surface area contributed by atoms with Crippen molar-refractivity contribution in [1.82, 2.24) is 18.7 Å². The third-order valence-corrected chi connectivity index (χ3v) is 5.70. The van der Waals surface area contributed by atoms with Crippen LogP contribution in [0.2, 0.25) is 0 Å². The maximum atomic E-state index is 13.7. The Labute approximate surface area is 225 Å². The second-order valence-electron chi connectivity index (χ2n) is 8.73. The Morgan fingerprint density at radius 1 is 0.976 bits per heavy atom. The number of nitrogens with zero attached hydrogens (tertiary/aromatic N) is 4. The molecule has 0 radical (unpaired) electrons. The van der Waals surface area contributed by atoms with Crippen molar-refractivity contribution >= 4 is 11.2 Å². The lowest BCUT2D eigenvalue weighted by Gasteiger charge is -2.14. The van der Waals surface area contributed by atoms with Gasteiger partial charge in [0.1, 0.15) is 23.9 Å². The molecule has 4 rings (SSSR count). The van der Waals surface area contributed by atoms with Gasteiger partial charge in [-0.05, 0) is 42.7 Å². The molecule has 0 atom stereocenters. The number of imidazole rings is 1. The van der Waals surface area contributed by atoms with Crippen LogP contribution in [0.15, 0.2) is 69.6 Å². The summed E-state index contributed by atoms with van der Waals surface area (Å²) in [6, 6.07) is 3.63. The molecule has 1 aliphatic rings. The van der Waals surface area contributed by atoms with Crippen LogP contribution >= 0.6 is 0 Å². The lowest BCUT2D eigenvalue weighted by molar-refractivity contribution is -0.274. The molecule has 0 saturated carbocycles. The first-order chi connectivity index (χ1) is 19.3. The minimum Gasteiger partial charge on any atom is -0.425 e. The standard InChI is InChI=1S/C25H21F7N4O5/c26-16-5-1-4-15(8-9-16)13-35-19-20(33-22(35)40-17-6-2-7-18(12-17)41-25(30,31)32)36(14-24(27,28)29)23(39)34(21(19)38)10-3-11-37/h2,4-9,12,37H,1,3,10-11,13-14H2. The number of fused-ring (bicyclic) bond motifs is 1. The third-order valence-electron chi connectivity index (χ3n) is 5.70. The SMILES string of the molecule is O=c1c2c(nc(Oc3cccc(OC(F)(F)F)c3)n2CC2=CCC=C(F)C=C2)n(CC(F)(F)F)c(=O)n1CCCO. The minimum atomic E-state index is -5.03. The molecule has 0 amide bonds. The fourth-order valence-electron chi connectivity index (χ4n) is 4.03. The van der Waals surface area contributed by atoms with Gasteiger partial charge in [0.2, 0.25) is 0 Å². The molecule has 0 fully saturated rings. The Morgan fingerprint density at radius 3 is 2.39 bits per heavy atom. The molecule has 2 aromatic heterocycles. The van der Waals surface area contributed by atoms with E-state index < -0.39 is 72.2 Å². The first kappa shape index (κ1) is 29.6. The molecule has 220 valence electrons. The van der Waals surface area contributed by atoms with Gasteiger partial charge in [-0.15, -0.1) is 13.2 Å². The monoisotopic (exact) mass is 590 g/mol. The summed E-state index contributed by atoms with van der Waals surface area (Å²) >= 11 is 0. The number of aliphatic hydroxyl groups excluding tert-OH is 1. The van der Waals surface area contributed by atoms with Crippen molar-refractivity contribution in [2.75, 3.05) is 6.61 Å². The fourth-order valence-corrected chi connectivity index (χ4v) is 4.03. The summed E-state index contributed by atoms with van der Waals surface area (Å²) in [6.07, 6.45) is -4.66. The van der Waals surface area contributed by atoms with Crippen LogP contribution in [0.3, 0.4) is 0 Å². The average Bonchev–Trinajstić information content (AvgIpc) is 3.07. The Balaban J connectivity index is 1.94. The van der Waals surface area contributed by atoms with Crippen molar-refractivity contribution in [2.24, 2.45) is 0 Å². The second-order valence-corrected chi connectivity index (χ2v) is 8.73. The third kappa shape index (κ3) is 7.25. The molecular weight excluding hydrogens is 569 g/mol. The summed E-state index contributed by atoms with van der Waals surface area (Å²) in [7, 11) is 0. The topological polar surface area (TPSA) is 101 Å². The van der Waals surface area contributed by atoms with Gasteiger partial charge in [0.15, 0.2) is 11.2 Å². The molecule has 0 unspecified atom stereocenters. The molecule has 3 aromatic rings. The summed E-state index contributed by atoms with van der Waals surface area (Å²) in [4.78, 5) is 30.4. The van der Waals surface area contributed by atoms with Gasteiger partial charge in [0, 0.05) is 19.2 Å². The smallest absolute Gasteiger partial charge is 0.425 e. The van der Waals surface area contributed by atoms with Gasteiger partial charge in [-0.2, -0.15) is 18.2 Å². The summed E-state index contributed by atoms with van der Waals surface area (Å²) in [6.45, 7) is -3.02. The van der Waals surface area contributed by atoms with Gasteiger partial charge < -0.3 is 14.6 Å². The van der Waals surface area contributed by atoms with Crippen LogP contribution in [0.4, 0.5) is 30.7 Å². The van der Waals surface area contributed by atoms with Crippen molar-refractivity contribution in [1.29, 1.82) is 0 Å². The van der Waals surface area contributed by atoms with Crippen LogP contribution in [0.25, 0.3) is 11.2 Å². The molecule has 16 heteroatoms. The number of benzene rings is 1. The van der Waals surface area contributed by atoms with Gasteiger partial charge in [0.25, 0.3) is 5.56 Å². The maximum Gasteiger partial charge on any atom is 0.573 e. The molecule has 1 aromatic carbocycles. The number of aromatic nitrogens is 4. The highest BCUT2D eigenvalue weighted by Crippen LogP contribution is 2.31. The highest BCUT2D eigenvalue weighted by molar-refractivity contribution is 5.72. The highest BCUT2D eigenvalue weighted by atomic mass is 19.4. The number of halogens is 7. The van der Waals surface area contributed by atoms with Crippen LogP contribution in [-0.2, 0) is 19.6 Å². The van der Waals surface area contributed by atoms with E-state index in [-0.39, 0.29) is 29.7 Å². The van der Waals surface area contributed by atoms with Crippen molar-refractivity contribution in [3.8, 4) is 17.5 Å². The normalized spacial score (nSPS) is 14.1. The number of allylic oxidation sites excluding steroid dienone is 6. The Morgan fingerprint density at radius 2 is 1.71 bits per heavy atom. The van der Waals surface area contributed by atoms with E-state index in [1.807, 2.05) is 0 Å². The summed E-state index contributed by atoms with van der Waals surface area (Å²) in [5, 5.41) is 9.19. The van der Waals surface area contributed by atoms with Gasteiger partial charge in [0.05, 0.1) is 6.54 Å². The van der Waals surface area contributed by atoms with E-state index >= 15 is 0 Å². The van der Waals surface area contributed by atoms with Crippen LogP contribution in [0, 0.1) is 0 Å². The quantitative estimate of drug-likeness (QED) is 0.362. The molecule has 0 aliphatic heterocycles. The van der Waals surface area contributed by atoms with E-state index in [0.717, 1.165) is 28.8 Å². The van der Waals surface area contributed by atoms with E-state index in [1.165, 1.54) is 18.2 Å². The fraction of sp³-hybridized carbons (Fsp3) is 0.320. The van der Waals surface area contributed by atoms with Gasteiger partial charge in [-0.1, -0.05) is 18.2 Å². The average molecular weight is 590 g/mol. The summed E-state index contributed by atoms with van der Waals surface area (Å²) in [5.74, 6) is -1.52. The zero-order valence-corrected chi connectivity index (χ0v) is 20.9. The molecule has 2 heterocycles. The van der Waals surface area contributed by atoms with Crippen LogP contribution in [-0.4, -0.2) is 42.9 Å². The minimum absolute atomic E-state index is 0.130. The number of ether oxygens (including phenoxy) is 2. The van der Waals surface area contributed by atoms with Crippen molar-refractivity contribution in [3.63, 3.8) is 0 Å². The van der Waals surface area contributed by atoms with E-state index in [9.17, 15) is 45.4 Å². The maximum absolute atomic E-state index is 13.7. The zero-order chi connectivity index (χ0) is 29.9. The predicted molar refractivity (Wildman–Crippen MR) is 130 cm³/mol. The Kier molecular flexibility index (Phi) is 8.42. The molecule has 0 saturated heterocycles. The van der Waals surface area contributed by atoms with Crippen molar-refractivity contribution in [3.05, 3.63) is 80.8 Å². The zero-order valence-electron chi connectivity index (χ0n) is 20.9. The highest BCUT2D eigenvalue weighted by Gasteiger charge is 2.33. The summed E-state index contributed by atoms with van der Waals surface area (Å²) < 4.78 is 104. The van der Waals surface area contributed by atoms with Gasteiger partial charge >= 0.3 is 24.2 Å². The largest absolute Gasteiger partial charge is 0.573 e. The molecule has 1 aliphatic carbocycles. The van der Waals surface area contributed by atoms with Gasteiger partial charge in [-0.3, -0.25) is 18.5 Å². The first-order valence-corrected chi connectivity index (χ1v) is 11.9.